The van der Waals surface area contributed by atoms with Gasteiger partial charge in [-0.2, -0.15) is 0 Å². The van der Waals surface area contributed by atoms with Crippen molar-refractivity contribution in [2.45, 2.75) is 18.6 Å². The summed E-state index contributed by atoms with van der Waals surface area (Å²) >= 11 is 6.10. The number of hydrogen-bond donors (Lipinski definition) is 0. The zero-order chi connectivity index (χ0) is 20.2. The second-order valence-electron chi connectivity index (χ2n) is 7.55. The Balaban J connectivity index is 1.46. The Hall–Kier alpha value is -2.29. The molecule has 2 saturated heterocycles. The molecular weight excluding hydrogens is 416 g/mol. The molecule has 3 heterocycles. The lowest BCUT2D eigenvalue weighted by molar-refractivity contribution is -0.123. The molecule has 0 aromatic heterocycles. The number of anilines is 1. The van der Waals surface area contributed by atoms with Crippen LogP contribution >= 0.6 is 11.6 Å². The highest BCUT2D eigenvalue weighted by Gasteiger charge is 2.49. The van der Waals surface area contributed by atoms with Crippen molar-refractivity contribution < 1.29 is 22.7 Å². The summed E-state index contributed by atoms with van der Waals surface area (Å²) < 4.78 is 35.7. The number of halogens is 1. The lowest BCUT2D eigenvalue weighted by Crippen LogP contribution is -2.61. The van der Waals surface area contributed by atoms with Gasteiger partial charge in [0.05, 0.1) is 24.1 Å². The molecule has 5 rings (SSSR count). The number of rotatable bonds is 3. The SMILES string of the molecule is O=C1CN(Cc2ccc3c(c2)OCO3)[C@@H]2CS(=O)(=O)C[C@H]2N1c1cccc(Cl)c1. The number of benzene rings is 2. The third-order valence-electron chi connectivity index (χ3n) is 5.61. The number of nitrogens with zero attached hydrogens (tertiary/aromatic N) is 2. The van der Waals surface area contributed by atoms with Crippen molar-refractivity contribution in [3.05, 3.63) is 53.1 Å². The Labute approximate surface area is 173 Å². The molecule has 1 amide bonds. The molecule has 2 aromatic rings. The van der Waals surface area contributed by atoms with Gasteiger partial charge in [-0.3, -0.25) is 9.69 Å². The predicted octanol–water partition coefficient (Wildman–Crippen LogP) is 2.08. The predicted molar refractivity (Wildman–Crippen MR) is 108 cm³/mol. The van der Waals surface area contributed by atoms with E-state index in [4.69, 9.17) is 21.1 Å². The Morgan fingerprint density at radius 2 is 1.83 bits per heavy atom. The molecular formula is C20H19ClN2O5S. The number of carbonyl (C=O) groups is 1. The van der Waals surface area contributed by atoms with Gasteiger partial charge >= 0.3 is 0 Å². The fraction of sp³-hybridized carbons (Fsp3) is 0.350. The average molecular weight is 435 g/mol. The van der Waals surface area contributed by atoms with Gasteiger partial charge in [0.15, 0.2) is 21.3 Å². The van der Waals surface area contributed by atoms with Crippen LogP contribution in [0.1, 0.15) is 5.56 Å². The van der Waals surface area contributed by atoms with E-state index >= 15 is 0 Å². The van der Waals surface area contributed by atoms with Gasteiger partial charge < -0.3 is 14.4 Å². The Kier molecular flexibility index (Phi) is 4.45. The third kappa shape index (κ3) is 3.45. The van der Waals surface area contributed by atoms with Gasteiger partial charge in [-0.15, -0.1) is 0 Å². The summed E-state index contributed by atoms with van der Waals surface area (Å²) in [4.78, 5) is 16.6. The number of amides is 1. The van der Waals surface area contributed by atoms with E-state index in [-0.39, 0.29) is 36.8 Å². The van der Waals surface area contributed by atoms with Crippen LogP contribution in [0.5, 0.6) is 11.5 Å². The van der Waals surface area contributed by atoms with Gasteiger partial charge in [0.1, 0.15) is 0 Å². The van der Waals surface area contributed by atoms with Crippen molar-refractivity contribution in [2.75, 3.05) is 29.7 Å². The van der Waals surface area contributed by atoms with Gasteiger partial charge in [-0.25, -0.2) is 8.42 Å². The zero-order valence-electron chi connectivity index (χ0n) is 15.5. The first-order valence-corrected chi connectivity index (χ1v) is 11.5. The van der Waals surface area contributed by atoms with Gasteiger partial charge in [0.2, 0.25) is 12.7 Å². The molecule has 29 heavy (non-hydrogen) atoms. The summed E-state index contributed by atoms with van der Waals surface area (Å²) in [5.74, 6) is 1.21. The maximum Gasteiger partial charge on any atom is 0.241 e. The molecule has 3 aliphatic heterocycles. The van der Waals surface area contributed by atoms with Crippen LogP contribution in [0.15, 0.2) is 42.5 Å². The summed E-state index contributed by atoms with van der Waals surface area (Å²) in [5, 5.41) is 0.510. The maximum absolute atomic E-state index is 13.0. The lowest BCUT2D eigenvalue weighted by atomic mass is 10.0. The summed E-state index contributed by atoms with van der Waals surface area (Å²) in [6.07, 6.45) is 0. The van der Waals surface area contributed by atoms with Crippen molar-refractivity contribution in [3.63, 3.8) is 0 Å². The van der Waals surface area contributed by atoms with Crippen molar-refractivity contribution in [2.24, 2.45) is 0 Å². The minimum atomic E-state index is -3.25. The van der Waals surface area contributed by atoms with E-state index in [1.807, 2.05) is 23.1 Å². The number of sulfone groups is 1. The number of hydrogen-bond acceptors (Lipinski definition) is 6. The van der Waals surface area contributed by atoms with Crippen LogP contribution in [0, 0.1) is 0 Å². The van der Waals surface area contributed by atoms with Crippen LogP contribution in [0.25, 0.3) is 0 Å². The van der Waals surface area contributed by atoms with Gasteiger partial charge in [-0.1, -0.05) is 23.7 Å². The summed E-state index contributed by atoms with van der Waals surface area (Å²) in [7, 11) is -3.25. The lowest BCUT2D eigenvalue weighted by Gasteiger charge is -2.43. The minimum Gasteiger partial charge on any atom is -0.454 e. The first-order chi connectivity index (χ1) is 13.9. The van der Waals surface area contributed by atoms with E-state index < -0.39 is 15.9 Å². The maximum atomic E-state index is 13.0. The summed E-state index contributed by atoms with van der Waals surface area (Å²) in [6.45, 7) is 0.790. The number of piperazine rings is 1. The molecule has 2 fully saturated rings. The molecule has 0 bridgehead atoms. The molecule has 152 valence electrons. The van der Waals surface area contributed by atoms with E-state index in [1.165, 1.54) is 0 Å². The zero-order valence-corrected chi connectivity index (χ0v) is 17.0. The fourth-order valence-electron chi connectivity index (χ4n) is 4.37. The van der Waals surface area contributed by atoms with Gasteiger partial charge in [-0.05, 0) is 35.9 Å². The molecule has 0 saturated carbocycles. The Bertz CT molecular complexity index is 1090. The van der Waals surface area contributed by atoms with Crippen LogP contribution in [0.4, 0.5) is 5.69 Å². The number of fused-ring (bicyclic) bond motifs is 2. The van der Waals surface area contributed by atoms with Crippen LogP contribution in [-0.2, 0) is 21.2 Å². The summed E-state index contributed by atoms with van der Waals surface area (Å²) in [5.41, 5.74) is 1.58. The van der Waals surface area contributed by atoms with Gasteiger partial charge in [0.25, 0.3) is 0 Å². The Morgan fingerprint density at radius 1 is 1.03 bits per heavy atom. The molecule has 2 aromatic carbocycles. The normalized spacial score (nSPS) is 25.3. The van der Waals surface area contributed by atoms with Crippen molar-refractivity contribution >= 4 is 33.0 Å². The van der Waals surface area contributed by atoms with Crippen LogP contribution in [0.2, 0.25) is 5.02 Å². The molecule has 0 radical (unpaired) electrons. The minimum absolute atomic E-state index is 0.0343. The largest absolute Gasteiger partial charge is 0.454 e. The first kappa shape index (κ1) is 18.7. The molecule has 0 aliphatic carbocycles. The Morgan fingerprint density at radius 3 is 2.66 bits per heavy atom. The topological polar surface area (TPSA) is 76.1 Å². The highest BCUT2D eigenvalue weighted by molar-refractivity contribution is 7.91. The van der Waals surface area contributed by atoms with Crippen molar-refractivity contribution in [1.29, 1.82) is 0 Å². The quantitative estimate of drug-likeness (QED) is 0.736. The first-order valence-electron chi connectivity index (χ1n) is 9.30. The van der Waals surface area contributed by atoms with Crippen LogP contribution < -0.4 is 14.4 Å². The summed E-state index contributed by atoms with van der Waals surface area (Å²) in [6, 6.07) is 11.9. The smallest absolute Gasteiger partial charge is 0.241 e. The molecule has 0 unspecified atom stereocenters. The molecule has 0 spiro atoms. The van der Waals surface area contributed by atoms with E-state index in [1.54, 1.807) is 29.2 Å². The van der Waals surface area contributed by atoms with E-state index in [9.17, 15) is 13.2 Å². The fourth-order valence-corrected chi connectivity index (χ4v) is 6.53. The van der Waals surface area contributed by atoms with Crippen LogP contribution in [0.3, 0.4) is 0 Å². The monoisotopic (exact) mass is 434 g/mol. The molecule has 3 aliphatic rings. The molecule has 7 nitrogen and oxygen atoms in total. The van der Waals surface area contributed by atoms with E-state index in [2.05, 4.69) is 0 Å². The van der Waals surface area contributed by atoms with Crippen molar-refractivity contribution in [3.8, 4) is 11.5 Å². The molecule has 9 heteroatoms. The van der Waals surface area contributed by atoms with Crippen LogP contribution in [-0.4, -0.2) is 56.2 Å². The number of carbonyl (C=O) groups excluding carboxylic acids is 1. The highest BCUT2D eigenvalue weighted by atomic mass is 35.5. The number of ether oxygens (including phenoxy) is 2. The second kappa shape index (κ2) is 6.90. The molecule has 2 atom stereocenters. The third-order valence-corrected chi connectivity index (χ3v) is 7.54. The standard InChI is InChI=1S/C20H19ClN2O5S/c21-14-2-1-3-15(7-14)23-17-11-29(25,26)10-16(17)22(9-20(23)24)8-13-4-5-18-19(6-13)28-12-27-18/h1-7,16-17H,8-12H2/t16-,17-/m1/s1. The molecule has 0 N–H and O–H groups in total. The highest BCUT2D eigenvalue weighted by Crippen LogP contribution is 2.36. The van der Waals surface area contributed by atoms with Gasteiger partial charge in [0, 0.05) is 23.3 Å². The average Bonchev–Trinajstić information content (AvgIpc) is 3.24. The van der Waals surface area contributed by atoms with E-state index in [0.29, 0.717) is 28.8 Å². The van der Waals surface area contributed by atoms with Crippen molar-refractivity contribution in [1.82, 2.24) is 4.90 Å². The van der Waals surface area contributed by atoms with E-state index in [0.717, 1.165) is 5.56 Å². The second-order valence-corrected chi connectivity index (χ2v) is 10.1.